The van der Waals surface area contributed by atoms with Crippen LogP contribution >= 0.6 is 0 Å². The van der Waals surface area contributed by atoms with Gasteiger partial charge in [0.2, 0.25) is 5.95 Å². The number of nitrogens with one attached hydrogen (secondary N) is 3. The highest BCUT2D eigenvalue weighted by molar-refractivity contribution is 5.92. The smallest absolute Gasteiger partial charge is 0.328 e. The van der Waals surface area contributed by atoms with Crippen LogP contribution in [0.2, 0.25) is 0 Å². The predicted molar refractivity (Wildman–Crippen MR) is 107 cm³/mol. The molecule has 1 amide bonds. The average Bonchev–Trinajstić information content (AvgIpc) is 3.34. The molecule has 12 nitrogen and oxygen atoms in total. The van der Waals surface area contributed by atoms with E-state index < -0.39 is 24.3 Å². The first-order valence-electron chi connectivity index (χ1n) is 9.72. The molecule has 3 aromatic rings. The molecule has 13 heteroatoms. The summed E-state index contributed by atoms with van der Waals surface area (Å²) in [6, 6.07) is 0.725. The highest BCUT2D eigenvalue weighted by atomic mass is 19.1. The zero-order valence-electron chi connectivity index (χ0n) is 16.8. The number of carbonyl (C=O) groups is 1. The molecular weight excluding hydrogens is 409 g/mol. The van der Waals surface area contributed by atoms with Gasteiger partial charge in [-0.25, -0.2) is 18.7 Å². The van der Waals surface area contributed by atoms with Crippen molar-refractivity contribution in [2.45, 2.75) is 37.8 Å². The summed E-state index contributed by atoms with van der Waals surface area (Å²) in [5, 5.41) is 17.0. The van der Waals surface area contributed by atoms with Gasteiger partial charge < -0.3 is 25.4 Å². The first kappa shape index (κ1) is 19.4. The van der Waals surface area contributed by atoms with Crippen molar-refractivity contribution in [3.63, 3.8) is 0 Å². The number of carbonyl (C=O) groups excluding carboxylic acids is 1. The number of amides is 1. The van der Waals surface area contributed by atoms with Gasteiger partial charge in [0.15, 0.2) is 17.0 Å². The summed E-state index contributed by atoms with van der Waals surface area (Å²) in [6.45, 7) is 0.0907. The Morgan fingerprint density at radius 2 is 2.19 bits per heavy atom. The fourth-order valence-electron chi connectivity index (χ4n) is 3.83. The number of hydrogen-bond acceptors (Lipinski definition) is 10. The van der Waals surface area contributed by atoms with Crippen molar-refractivity contribution < 1.29 is 18.7 Å². The molecule has 4 heterocycles. The molecule has 0 spiro atoms. The second kappa shape index (κ2) is 7.58. The van der Waals surface area contributed by atoms with Crippen LogP contribution < -0.4 is 20.7 Å². The van der Waals surface area contributed by atoms with E-state index in [2.05, 4.69) is 41.1 Å². The van der Waals surface area contributed by atoms with Crippen LogP contribution in [-0.4, -0.2) is 68.2 Å². The number of ether oxygens (including phenoxy) is 2. The minimum atomic E-state index is -1.07. The molecule has 0 aromatic carbocycles. The van der Waals surface area contributed by atoms with E-state index in [0.29, 0.717) is 22.7 Å². The maximum Gasteiger partial charge on any atom is 0.328 e. The summed E-state index contributed by atoms with van der Waals surface area (Å²) in [5.74, 6) is 0.863. The van der Waals surface area contributed by atoms with Crippen molar-refractivity contribution in [1.29, 1.82) is 0 Å². The van der Waals surface area contributed by atoms with Crippen LogP contribution in [0.1, 0.15) is 18.5 Å². The molecule has 1 saturated carbocycles. The van der Waals surface area contributed by atoms with E-state index in [1.54, 1.807) is 13.1 Å². The Hall–Kier alpha value is -3.61. The monoisotopic (exact) mass is 429 g/mol. The molecule has 0 radical (unpaired) electrons. The first-order chi connectivity index (χ1) is 15.1. The third-order valence-electron chi connectivity index (χ3n) is 5.30. The summed E-state index contributed by atoms with van der Waals surface area (Å²) in [4.78, 5) is 26.1. The van der Waals surface area contributed by atoms with E-state index in [0.717, 1.165) is 0 Å². The van der Waals surface area contributed by atoms with Gasteiger partial charge in [-0.1, -0.05) is 0 Å². The average molecular weight is 429 g/mol. The van der Waals surface area contributed by atoms with Crippen LogP contribution in [0.3, 0.4) is 0 Å². The molecule has 3 atom stereocenters. The number of rotatable bonds is 2. The largest absolute Gasteiger partial charge is 0.478 e. The Morgan fingerprint density at radius 3 is 3.00 bits per heavy atom. The maximum atomic E-state index is 14.1. The van der Waals surface area contributed by atoms with Crippen LogP contribution in [0.4, 0.5) is 26.6 Å². The van der Waals surface area contributed by atoms with Crippen molar-refractivity contribution in [1.82, 2.24) is 35.0 Å². The van der Waals surface area contributed by atoms with Crippen LogP contribution in [0.15, 0.2) is 12.4 Å². The van der Waals surface area contributed by atoms with Crippen molar-refractivity contribution in [2.75, 3.05) is 24.8 Å². The molecule has 162 valence electrons. The number of methoxy groups -OCH3 is 1. The van der Waals surface area contributed by atoms with Gasteiger partial charge >= 0.3 is 6.03 Å². The molecule has 2 aliphatic rings. The maximum absolute atomic E-state index is 14.1. The second-order valence-corrected chi connectivity index (χ2v) is 7.29. The summed E-state index contributed by atoms with van der Waals surface area (Å²) < 4.78 is 26.6. The highest BCUT2D eigenvalue weighted by Crippen LogP contribution is 2.30. The van der Waals surface area contributed by atoms with Crippen LogP contribution in [0.25, 0.3) is 11.2 Å². The quantitative estimate of drug-likeness (QED) is 0.547. The summed E-state index contributed by atoms with van der Waals surface area (Å²) in [5.41, 5.74) is 1.67. The minimum absolute atomic E-state index is 0.0907. The van der Waals surface area contributed by atoms with Crippen molar-refractivity contribution in [2.24, 2.45) is 0 Å². The molecule has 1 aliphatic carbocycles. The molecule has 3 aromatic heterocycles. The summed E-state index contributed by atoms with van der Waals surface area (Å²) >= 11 is 0. The lowest BCUT2D eigenvalue weighted by molar-refractivity contribution is 0.0252. The lowest BCUT2D eigenvalue weighted by Gasteiger charge is -2.21. The van der Waals surface area contributed by atoms with Gasteiger partial charge in [-0.15, -0.1) is 10.2 Å². The van der Waals surface area contributed by atoms with E-state index >= 15 is 0 Å². The van der Waals surface area contributed by atoms with Gasteiger partial charge in [-0.05, 0) is 6.07 Å². The van der Waals surface area contributed by atoms with Gasteiger partial charge in [0.05, 0.1) is 31.6 Å². The number of aromatic nitrogens is 6. The van der Waals surface area contributed by atoms with Gasteiger partial charge in [0, 0.05) is 19.9 Å². The molecule has 1 fully saturated rings. The molecule has 5 rings (SSSR count). The fourth-order valence-corrected chi connectivity index (χ4v) is 3.83. The van der Waals surface area contributed by atoms with Gasteiger partial charge in [-0.2, -0.15) is 9.97 Å². The zero-order chi connectivity index (χ0) is 21.5. The third-order valence-corrected chi connectivity index (χ3v) is 5.30. The molecule has 1 aliphatic heterocycles. The Balaban J connectivity index is 1.66. The molecule has 4 bridgehead atoms. The number of fused-ring (bicyclic) bond motifs is 4. The summed E-state index contributed by atoms with van der Waals surface area (Å²) in [6.07, 6.45) is 0.118. The van der Waals surface area contributed by atoms with Crippen LogP contribution in [0.5, 0.6) is 5.88 Å². The number of imidazole rings is 1. The molecular formula is C18H20FN9O3. The topological polar surface area (TPSA) is 141 Å². The SMILES string of the molecule is CNc1nc2nc3c1ncn3C(=O)NC1C[C@@H](F)CC1OCc1cc(c(OC)nn1)N2. The Labute approximate surface area is 175 Å². The van der Waals surface area contributed by atoms with E-state index in [9.17, 15) is 9.18 Å². The van der Waals surface area contributed by atoms with Gasteiger partial charge in [0.25, 0.3) is 5.88 Å². The number of hydrogen-bond donors (Lipinski definition) is 3. The Kier molecular flexibility index (Phi) is 4.73. The minimum Gasteiger partial charge on any atom is -0.478 e. The lowest BCUT2D eigenvalue weighted by Crippen LogP contribution is -2.43. The molecule has 2 unspecified atom stereocenters. The van der Waals surface area contributed by atoms with E-state index in [1.807, 2.05) is 0 Å². The normalized spacial score (nSPS) is 23.1. The highest BCUT2D eigenvalue weighted by Gasteiger charge is 2.37. The molecule has 0 saturated heterocycles. The Bertz CT molecular complexity index is 1150. The Morgan fingerprint density at radius 1 is 1.32 bits per heavy atom. The number of anilines is 3. The number of alkyl halides is 1. The van der Waals surface area contributed by atoms with Crippen LogP contribution in [-0.2, 0) is 11.3 Å². The number of nitrogens with zero attached hydrogens (tertiary/aromatic N) is 6. The fraction of sp³-hybridized carbons (Fsp3) is 0.444. The van der Waals surface area contributed by atoms with Crippen molar-refractivity contribution in [3.8, 4) is 5.88 Å². The van der Waals surface area contributed by atoms with Crippen molar-refractivity contribution in [3.05, 3.63) is 18.1 Å². The van der Waals surface area contributed by atoms with Crippen molar-refractivity contribution >= 4 is 34.6 Å². The first-order valence-corrected chi connectivity index (χ1v) is 9.72. The lowest BCUT2D eigenvalue weighted by atomic mass is 10.2. The van der Waals surface area contributed by atoms with Gasteiger partial charge in [-0.3, -0.25) is 0 Å². The van der Waals surface area contributed by atoms with Gasteiger partial charge in [0.1, 0.15) is 18.2 Å². The zero-order valence-corrected chi connectivity index (χ0v) is 16.8. The standard InChI is InChI=1S/C18H20FN9O3/c1-20-14-13-15-25-17(24-14)22-11-5-9(26-27-16(11)30-2)6-31-12-4-8(19)3-10(12)23-18(29)28(15)7-21-13/h5,7-8,10,12H,3-4,6H2,1-2H3,(H,23,29)(H2,20,22,24,25)/t8-,10?,12?/m1/s1. The molecule has 31 heavy (non-hydrogen) atoms. The third kappa shape index (κ3) is 3.46. The second-order valence-electron chi connectivity index (χ2n) is 7.29. The van der Waals surface area contributed by atoms with Crippen LogP contribution in [0, 0.1) is 0 Å². The summed E-state index contributed by atoms with van der Waals surface area (Å²) in [7, 11) is 3.16. The predicted octanol–water partition coefficient (Wildman–Crippen LogP) is 1.37. The van der Waals surface area contributed by atoms with E-state index in [-0.39, 0.29) is 36.9 Å². The number of halogens is 1. The van der Waals surface area contributed by atoms with E-state index in [4.69, 9.17) is 9.47 Å². The van der Waals surface area contributed by atoms with E-state index in [1.165, 1.54) is 18.0 Å². The molecule has 3 N–H and O–H groups in total.